The fourth-order valence-corrected chi connectivity index (χ4v) is 2.83. The standard InChI is InChI=1S/C16H13BrF2N2O2/c17-9-2-1-8(13(18)6-9)5-11-12(15(20)22)7-21(10-3-4-10)16(23)14(11)19/h1-2,6-7,10H,3-5H2,(H2,20,22). The topological polar surface area (TPSA) is 65.1 Å². The average molecular weight is 383 g/mol. The minimum Gasteiger partial charge on any atom is -0.366 e. The first-order chi connectivity index (χ1) is 10.9. The van der Waals surface area contributed by atoms with E-state index in [0.29, 0.717) is 4.47 Å². The van der Waals surface area contributed by atoms with Gasteiger partial charge in [-0.25, -0.2) is 8.78 Å². The van der Waals surface area contributed by atoms with Gasteiger partial charge in [-0.1, -0.05) is 22.0 Å². The lowest BCUT2D eigenvalue weighted by molar-refractivity contribution is 0.0998. The Kier molecular flexibility index (Phi) is 4.06. The van der Waals surface area contributed by atoms with Gasteiger partial charge in [-0.2, -0.15) is 0 Å². The van der Waals surface area contributed by atoms with Gasteiger partial charge in [0, 0.05) is 28.7 Å². The molecule has 0 spiro atoms. The maximum Gasteiger partial charge on any atom is 0.287 e. The Morgan fingerprint density at radius 1 is 1.35 bits per heavy atom. The predicted molar refractivity (Wildman–Crippen MR) is 84.4 cm³/mol. The highest BCUT2D eigenvalue weighted by atomic mass is 79.9. The highest BCUT2D eigenvalue weighted by Crippen LogP contribution is 2.34. The van der Waals surface area contributed by atoms with Crippen LogP contribution in [0.3, 0.4) is 0 Å². The molecule has 0 radical (unpaired) electrons. The number of hydrogen-bond acceptors (Lipinski definition) is 2. The summed E-state index contributed by atoms with van der Waals surface area (Å²) >= 11 is 3.14. The molecular weight excluding hydrogens is 370 g/mol. The van der Waals surface area contributed by atoms with Gasteiger partial charge >= 0.3 is 0 Å². The van der Waals surface area contributed by atoms with Gasteiger partial charge in [0.15, 0.2) is 5.82 Å². The smallest absolute Gasteiger partial charge is 0.287 e. The normalized spacial score (nSPS) is 14.0. The van der Waals surface area contributed by atoms with Crippen LogP contribution in [0.4, 0.5) is 8.78 Å². The lowest BCUT2D eigenvalue weighted by atomic mass is 10.00. The van der Waals surface area contributed by atoms with Crippen molar-refractivity contribution in [2.45, 2.75) is 25.3 Å². The van der Waals surface area contributed by atoms with Gasteiger partial charge in [0.1, 0.15) is 5.82 Å². The molecule has 0 saturated heterocycles. The maximum atomic E-state index is 14.5. The van der Waals surface area contributed by atoms with Crippen molar-refractivity contribution in [1.29, 1.82) is 0 Å². The molecule has 7 heteroatoms. The Hall–Kier alpha value is -2.02. The van der Waals surface area contributed by atoms with Crippen LogP contribution >= 0.6 is 15.9 Å². The van der Waals surface area contributed by atoms with Gasteiger partial charge in [-0.15, -0.1) is 0 Å². The molecule has 1 heterocycles. The Morgan fingerprint density at radius 2 is 2.04 bits per heavy atom. The maximum absolute atomic E-state index is 14.5. The van der Waals surface area contributed by atoms with Gasteiger partial charge in [0.2, 0.25) is 0 Å². The van der Waals surface area contributed by atoms with Crippen molar-refractivity contribution in [3.63, 3.8) is 0 Å². The molecule has 1 saturated carbocycles. The second-order valence-electron chi connectivity index (χ2n) is 5.56. The van der Waals surface area contributed by atoms with Crippen LogP contribution in [0.25, 0.3) is 0 Å². The fraction of sp³-hybridized carbons (Fsp3) is 0.250. The summed E-state index contributed by atoms with van der Waals surface area (Å²) in [5.74, 6) is -2.44. The van der Waals surface area contributed by atoms with E-state index in [1.807, 2.05) is 0 Å². The number of pyridine rings is 1. The van der Waals surface area contributed by atoms with Crippen LogP contribution in [0.5, 0.6) is 0 Å². The number of benzene rings is 1. The van der Waals surface area contributed by atoms with Gasteiger partial charge in [-0.3, -0.25) is 9.59 Å². The molecule has 0 aliphatic heterocycles. The molecule has 2 N–H and O–H groups in total. The molecular formula is C16H13BrF2N2O2. The summed E-state index contributed by atoms with van der Waals surface area (Å²) < 4.78 is 30.2. The highest BCUT2D eigenvalue weighted by Gasteiger charge is 2.29. The van der Waals surface area contributed by atoms with Crippen molar-refractivity contribution in [2.75, 3.05) is 0 Å². The highest BCUT2D eigenvalue weighted by molar-refractivity contribution is 9.10. The largest absolute Gasteiger partial charge is 0.366 e. The van der Waals surface area contributed by atoms with Crippen molar-refractivity contribution < 1.29 is 13.6 Å². The minimum absolute atomic E-state index is 0.0867. The number of nitrogens with two attached hydrogens (primary N) is 1. The Labute approximate surface area is 139 Å². The van der Waals surface area contributed by atoms with Crippen LogP contribution in [0.2, 0.25) is 0 Å². The number of nitrogens with zero attached hydrogens (tertiary/aromatic N) is 1. The zero-order valence-corrected chi connectivity index (χ0v) is 13.6. The molecule has 2 aromatic rings. The number of hydrogen-bond donors (Lipinski definition) is 1. The predicted octanol–water partition coefficient (Wildman–Crippen LogP) is 2.91. The number of rotatable bonds is 4. The van der Waals surface area contributed by atoms with Crippen molar-refractivity contribution in [2.24, 2.45) is 5.73 Å². The third-order valence-corrected chi connectivity index (χ3v) is 4.36. The number of halogens is 3. The minimum atomic E-state index is -1.05. The third-order valence-electron chi connectivity index (χ3n) is 3.87. The van der Waals surface area contributed by atoms with Crippen LogP contribution in [-0.2, 0) is 6.42 Å². The Morgan fingerprint density at radius 3 is 2.61 bits per heavy atom. The van der Waals surface area contributed by atoms with Gasteiger partial charge < -0.3 is 10.3 Å². The van der Waals surface area contributed by atoms with E-state index in [1.54, 1.807) is 6.07 Å². The molecule has 1 aliphatic rings. The summed E-state index contributed by atoms with van der Waals surface area (Å²) in [5, 5.41) is 0. The van der Waals surface area contributed by atoms with Crippen LogP contribution in [0.15, 0.2) is 33.7 Å². The van der Waals surface area contributed by atoms with Gasteiger partial charge in [0.05, 0.1) is 5.56 Å². The molecule has 1 aromatic heterocycles. The molecule has 1 fully saturated rings. The lowest BCUT2D eigenvalue weighted by Crippen LogP contribution is -2.28. The number of amides is 1. The second-order valence-corrected chi connectivity index (χ2v) is 6.47. The van der Waals surface area contributed by atoms with Crippen molar-refractivity contribution >= 4 is 21.8 Å². The van der Waals surface area contributed by atoms with E-state index in [2.05, 4.69) is 15.9 Å². The summed E-state index contributed by atoms with van der Waals surface area (Å²) in [7, 11) is 0. The van der Waals surface area contributed by atoms with Crippen LogP contribution in [0, 0.1) is 11.6 Å². The molecule has 120 valence electrons. The first kappa shape index (κ1) is 15.9. The quantitative estimate of drug-likeness (QED) is 0.883. The number of aromatic nitrogens is 1. The first-order valence-corrected chi connectivity index (χ1v) is 7.85. The van der Waals surface area contributed by atoms with Gasteiger partial charge in [0.25, 0.3) is 11.5 Å². The van der Waals surface area contributed by atoms with E-state index in [1.165, 1.54) is 22.9 Å². The van der Waals surface area contributed by atoms with E-state index in [9.17, 15) is 18.4 Å². The summed E-state index contributed by atoms with van der Waals surface area (Å²) in [5.41, 5.74) is 4.44. The van der Waals surface area contributed by atoms with E-state index in [0.717, 1.165) is 12.8 Å². The van der Waals surface area contributed by atoms with Gasteiger partial charge in [-0.05, 0) is 30.5 Å². The van der Waals surface area contributed by atoms with Crippen LogP contribution < -0.4 is 11.3 Å². The molecule has 3 rings (SSSR count). The number of carbonyl (C=O) groups is 1. The van der Waals surface area contributed by atoms with Crippen LogP contribution in [-0.4, -0.2) is 10.5 Å². The monoisotopic (exact) mass is 382 g/mol. The Bertz CT molecular complexity index is 860. The SMILES string of the molecule is NC(=O)c1cn(C2CC2)c(=O)c(F)c1Cc1ccc(Br)cc1F. The van der Waals surface area contributed by atoms with Crippen molar-refractivity contribution in [1.82, 2.24) is 4.57 Å². The van der Waals surface area contributed by atoms with Crippen LogP contribution in [0.1, 0.15) is 40.4 Å². The molecule has 1 aliphatic carbocycles. The summed E-state index contributed by atoms with van der Waals surface area (Å²) in [6, 6.07) is 4.22. The van der Waals surface area contributed by atoms with E-state index in [-0.39, 0.29) is 29.2 Å². The van der Waals surface area contributed by atoms with E-state index >= 15 is 0 Å². The summed E-state index contributed by atoms with van der Waals surface area (Å²) in [6.07, 6.45) is 2.60. The molecule has 0 atom stereocenters. The van der Waals surface area contributed by atoms with E-state index in [4.69, 9.17) is 5.73 Å². The second kappa shape index (κ2) is 5.88. The average Bonchev–Trinajstić information content (AvgIpc) is 3.31. The summed E-state index contributed by atoms with van der Waals surface area (Å²) in [6.45, 7) is 0. The molecule has 23 heavy (non-hydrogen) atoms. The molecule has 1 amide bonds. The molecule has 0 unspecified atom stereocenters. The van der Waals surface area contributed by atoms with Crippen molar-refractivity contribution in [3.05, 3.63) is 67.5 Å². The molecule has 1 aromatic carbocycles. The first-order valence-electron chi connectivity index (χ1n) is 7.05. The summed E-state index contributed by atoms with van der Waals surface area (Å²) in [4.78, 5) is 23.8. The fourth-order valence-electron chi connectivity index (χ4n) is 2.50. The third kappa shape index (κ3) is 3.06. The number of carbonyl (C=O) groups excluding carboxylic acids is 1. The zero-order chi connectivity index (χ0) is 16.7. The Balaban J connectivity index is 2.12. The molecule has 0 bridgehead atoms. The van der Waals surface area contributed by atoms with Crippen molar-refractivity contribution in [3.8, 4) is 0 Å². The zero-order valence-electron chi connectivity index (χ0n) is 12.0. The van der Waals surface area contributed by atoms with E-state index < -0.39 is 23.1 Å². The molecule has 4 nitrogen and oxygen atoms in total. The number of primary amides is 1. The lowest BCUT2D eigenvalue weighted by Gasteiger charge is -2.13.